The second kappa shape index (κ2) is 8.55. The highest BCUT2D eigenvalue weighted by Crippen LogP contribution is 2.40. The summed E-state index contributed by atoms with van der Waals surface area (Å²) in [5.74, 6) is 0.571. The Morgan fingerprint density at radius 1 is 1.34 bits per heavy atom. The minimum atomic E-state index is -0.656. The van der Waals surface area contributed by atoms with Crippen molar-refractivity contribution in [1.82, 2.24) is 9.55 Å². The van der Waals surface area contributed by atoms with Crippen LogP contribution in [0.4, 0.5) is 11.5 Å². The van der Waals surface area contributed by atoms with Gasteiger partial charge in [0.25, 0.3) is 5.56 Å². The van der Waals surface area contributed by atoms with E-state index in [0.717, 1.165) is 24.8 Å². The van der Waals surface area contributed by atoms with Gasteiger partial charge >= 0.3 is 5.69 Å². The van der Waals surface area contributed by atoms with Crippen molar-refractivity contribution in [2.75, 3.05) is 17.7 Å². The number of rotatable bonds is 8. The first-order valence-electron chi connectivity index (χ1n) is 9.94. The lowest BCUT2D eigenvalue weighted by Gasteiger charge is -2.25. The second-order valence-electron chi connectivity index (χ2n) is 7.55. The lowest BCUT2D eigenvalue weighted by Crippen LogP contribution is -2.41. The molecule has 156 valence electrons. The van der Waals surface area contributed by atoms with Crippen LogP contribution in [0, 0.1) is 11.8 Å². The Morgan fingerprint density at radius 2 is 2.03 bits per heavy atom. The van der Waals surface area contributed by atoms with Gasteiger partial charge in [0.05, 0.1) is 13.7 Å². The number of nitrogens with zero attached hydrogens (tertiary/aromatic N) is 2. The standard InChI is InChI=1S/C21H28N4O4/c1-4-5-10-24-18(22)17(19(26)23-21(24)28)25(20(27)15-11-13(15)2)12-14-8-6-7-9-16(14)29-3/h6-9,13,15H,4-5,10-12,22H2,1-3H3,(H,23,26,28). The third kappa shape index (κ3) is 4.21. The van der Waals surface area contributed by atoms with Crippen molar-refractivity contribution in [3.63, 3.8) is 0 Å². The summed E-state index contributed by atoms with van der Waals surface area (Å²) >= 11 is 0. The third-order valence-electron chi connectivity index (χ3n) is 5.43. The summed E-state index contributed by atoms with van der Waals surface area (Å²) in [5, 5.41) is 0. The summed E-state index contributed by atoms with van der Waals surface area (Å²) in [4.78, 5) is 42.0. The Kier molecular flexibility index (Phi) is 6.10. The molecule has 1 amide bonds. The van der Waals surface area contributed by atoms with Crippen LogP contribution in [0.25, 0.3) is 0 Å². The number of carbonyl (C=O) groups is 1. The van der Waals surface area contributed by atoms with Crippen molar-refractivity contribution in [1.29, 1.82) is 0 Å². The first-order chi connectivity index (χ1) is 13.9. The molecule has 0 bridgehead atoms. The van der Waals surface area contributed by atoms with E-state index >= 15 is 0 Å². The Bertz CT molecular complexity index is 1010. The minimum Gasteiger partial charge on any atom is -0.496 e. The number of unbranched alkanes of at least 4 members (excludes halogenated alkanes) is 1. The molecule has 2 aromatic rings. The van der Waals surface area contributed by atoms with E-state index in [1.54, 1.807) is 13.2 Å². The van der Waals surface area contributed by atoms with Crippen LogP contribution in [0.5, 0.6) is 5.75 Å². The molecule has 2 atom stereocenters. The number of hydrogen-bond donors (Lipinski definition) is 2. The van der Waals surface area contributed by atoms with Crippen molar-refractivity contribution in [3.05, 3.63) is 50.7 Å². The summed E-state index contributed by atoms with van der Waals surface area (Å²) in [5.41, 5.74) is 5.82. The molecule has 1 heterocycles. The number of ether oxygens (including phenoxy) is 1. The normalized spacial score (nSPS) is 17.8. The van der Waals surface area contributed by atoms with Gasteiger partial charge in [-0.05, 0) is 24.8 Å². The second-order valence-corrected chi connectivity index (χ2v) is 7.55. The predicted octanol–water partition coefficient (Wildman–Crippen LogP) is 2.12. The van der Waals surface area contributed by atoms with Crippen LogP contribution in [0.3, 0.4) is 0 Å². The first kappa shape index (κ1) is 20.7. The number of amides is 1. The van der Waals surface area contributed by atoms with Crippen LogP contribution in [-0.2, 0) is 17.9 Å². The van der Waals surface area contributed by atoms with Crippen LogP contribution >= 0.6 is 0 Å². The summed E-state index contributed by atoms with van der Waals surface area (Å²) in [7, 11) is 1.56. The molecule has 2 unspecified atom stereocenters. The number of aromatic nitrogens is 2. The molecule has 8 heteroatoms. The maximum atomic E-state index is 13.2. The molecule has 0 saturated heterocycles. The Labute approximate surface area is 169 Å². The largest absolute Gasteiger partial charge is 0.496 e. The lowest BCUT2D eigenvalue weighted by atomic mass is 10.1. The van der Waals surface area contributed by atoms with Gasteiger partial charge in [-0.25, -0.2) is 4.79 Å². The number of para-hydroxylation sites is 1. The molecule has 1 fully saturated rings. The molecule has 0 radical (unpaired) electrons. The zero-order valence-corrected chi connectivity index (χ0v) is 17.1. The minimum absolute atomic E-state index is 0.0174. The van der Waals surface area contributed by atoms with Crippen LogP contribution < -0.4 is 26.6 Å². The quantitative estimate of drug-likeness (QED) is 0.705. The van der Waals surface area contributed by atoms with E-state index in [1.807, 2.05) is 32.0 Å². The van der Waals surface area contributed by atoms with Crippen molar-refractivity contribution < 1.29 is 9.53 Å². The topological polar surface area (TPSA) is 110 Å². The Morgan fingerprint density at radius 3 is 2.66 bits per heavy atom. The molecule has 3 N–H and O–H groups in total. The van der Waals surface area contributed by atoms with Gasteiger partial charge in [-0.1, -0.05) is 38.5 Å². The SMILES string of the molecule is CCCCn1c(N)c(N(Cc2ccccc2OC)C(=O)C2CC2C)c(=O)[nH]c1=O. The molecule has 1 aromatic carbocycles. The lowest BCUT2D eigenvalue weighted by molar-refractivity contribution is -0.120. The highest BCUT2D eigenvalue weighted by atomic mass is 16.5. The van der Waals surface area contributed by atoms with Gasteiger partial charge in [-0.2, -0.15) is 0 Å². The van der Waals surface area contributed by atoms with Crippen molar-refractivity contribution in [2.45, 2.75) is 46.2 Å². The van der Waals surface area contributed by atoms with Crippen LogP contribution in [0.1, 0.15) is 38.7 Å². The molecule has 0 spiro atoms. The van der Waals surface area contributed by atoms with Gasteiger partial charge in [0.2, 0.25) is 5.91 Å². The number of H-pyrrole nitrogens is 1. The number of benzene rings is 1. The monoisotopic (exact) mass is 400 g/mol. The molecule has 1 saturated carbocycles. The van der Waals surface area contributed by atoms with Crippen molar-refractivity contribution in [3.8, 4) is 5.75 Å². The van der Waals surface area contributed by atoms with Gasteiger partial charge in [0.15, 0.2) is 5.69 Å². The fourth-order valence-electron chi connectivity index (χ4n) is 3.51. The predicted molar refractivity (Wildman–Crippen MR) is 112 cm³/mol. The summed E-state index contributed by atoms with van der Waals surface area (Å²) in [6, 6.07) is 7.32. The first-order valence-corrected chi connectivity index (χ1v) is 9.94. The summed E-state index contributed by atoms with van der Waals surface area (Å²) in [6.07, 6.45) is 2.37. The number of nitrogens with two attached hydrogens (primary N) is 1. The zero-order valence-electron chi connectivity index (χ0n) is 17.1. The number of hydrogen-bond acceptors (Lipinski definition) is 5. The van der Waals surface area contributed by atoms with Crippen molar-refractivity contribution >= 4 is 17.4 Å². The summed E-state index contributed by atoms with van der Waals surface area (Å²) < 4.78 is 6.74. The van der Waals surface area contributed by atoms with Crippen molar-refractivity contribution in [2.24, 2.45) is 11.8 Å². The van der Waals surface area contributed by atoms with Crippen LogP contribution in [0.2, 0.25) is 0 Å². The van der Waals surface area contributed by atoms with Gasteiger partial charge in [0, 0.05) is 18.0 Å². The van der Waals surface area contributed by atoms with Gasteiger partial charge in [0.1, 0.15) is 11.6 Å². The fourth-order valence-corrected chi connectivity index (χ4v) is 3.51. The molecular weight excluding hydrogens is 372 g/mol. The molecular formula is C21H28N4O4. The molecule has 1 aliphatic carbocycles. The molecule has 0 aliphatic heterocycles. The average molecular weight is 400 g/mol. The number of nitrogen functional groups attached to an aromatic ring is 1. The third-order valence-corrected chi connectivity index (χ3v) is 5.43. The van der Waals surface area contributed by atoms with Gasteiger partial charge in [-0.15, -0.1) is 0 Å². The number of methoxy groups -OCH3 is 1. The van der Waals surface area contributed by atoms with E-state index in [2.05, 4.69) is 4.98 Å². The Hall–Kier alpha value is -3.03. The molecule has 29 heavy (non-hydrogen) atoms. The number of nitrogens with one attached hydrogen (secondary N) is 1. The van der Waals surface area contributed by atoms with Crippen LogP contribution in [-0.4, -0.2) is 22.6 Å². The maximum absolute atomic E-state index is 13.2. The molecule has 1 aromatic heterocycles. The van der Waals surface area contributed by atoms with E-state index in [0.29, 0.717) is 12.3 Å². The van der Waals surface area contributed by atoms with Crippen LogP contribution in [0.15, 0.2) is 33.9 Å². The smallest absolute Gasteiger partial charge is 0.330 e. The molecule has 1 aliphatic rings. The molecule has 8 nitrogen and oxygen atoms in total. The highest BCUT2D eigenvalue weighted by molar-refractivity contribution is 5.98. The average Bonchev–Trinajstić information content (AvgIpc) is 3.43. The van der Waals surface area contributed by atoms with E-state index in [9.17, 15) is 14.4 Å². The zero-order chi connectivity index (χ0) is 21.1. The summed E-state index contributed by atoms with van der Waals surface area (Å²) in [6.45, 7) is 4.51. The highest BCUT2D eigenvalue weighted by Gasteiger charge is 2.43. The van der Waals surface area contributed by atoms with Gasteiger partial charge < -0.3 is 10.5 Å². The fraction of sp³-hybridized carbons (Fsp3) is 0.476. The van der Waals surface area contributed by atoms with E-state index < -0.39 is 11.2 Å². The van der Waals surface area contributed by atoms with Gasteiger partial charge in [-0.3, -0.25) is 24.0 Å². The number of aromatic amines is 1. The van der Waals surface area contributed by atoms with E-state index in [1.165, 1.54) is 9.47 Å². The number of anilines is 2. The van der Waals surface area contributed by atoms with E-state index in [4.69, 9.17) is 10.5 Å². The number of carbonyl (C=O) groups excluding carboxylic acids is 1. The molecule has 3 rings (SSSR count). The van der Waals surface area contributed by atoms with E-state index in [-0.39, 0.29) is 35.8 Å². The maximum Gasteiger partial charge on any atom is 0.330 e. The Balaban J connectivity index is 2.10.